The topological polar surface area (TPSA) is 144 Å². The molecule has 0 saturated carbocycles. The molecule has 1 fully saturated rings. The molecule has 9 nitrogen and oxygen atoms in total. The van der Waals surface area contributed by atoms with Gasteiger partial charge in [0, 0.05) is 0 Å². The summed E-state index contributed by atoms with van der Waals surface area (Å²) in [6, 6.07) is 0. The molecule has 0 bridgehead atoms. The summed E-state index contributed by atoms with van der Waals surface area (Å²) >= 11 is 0. The van der Waals surface area contributed by atoms with E-state index in [1.807, 2.05) is 0 Å². The Hall–Kier alpha value is -1.55. The number of hydrogen-bond donors (Lipinski definition) is 4. The van der Waals surface area contributed by atoms with E-state index in [1.54, 1.807) is 0 Å². The summed E-state index contributed by atoms with van der Waals surface area (Å²) in [5.41, 5.74) is 4.78. The van der Waals surface area contributed by atoms with Crippen molar-refractivity contribution >= 4 is 5.82 Å². The minimum Gasteiger partial charge on any atom is -0.394 e. The van der Waals surface area contributed by atoms with Crippen LogP contribution < -0.4 is 11.4 Å². The quantitative estimate of drug-likeness (QED) is 0.486. The van der Waals surface area contributed by atoms with Crippen LogP contribution >= 0.6 is 0 Å². The normalized spacial score (nSPS) is 22.2. The standard InChI is InChI=1S/C8H12N4O3.C3H8O2/c9-6-3-10-12(8(14)11-6)7-2-1-5(4-13)15-7;1-3(2,4)5/h3,5,7,13H,1-2,4H2,(H2,9,11,14);4-5H,1-2H3. The molecule has 20 heavy (non-hydrogen) atoms. The second kappa shape index (κ2) is 6.75. The summed E-state index contributed by atoms with van der Waals surface area (Å²) in [6.45, 7) is 2.55. The van der Waals surface area contributed by atoms with Gasteiger partial charge in [-0.25, -0.2) is 4.79 Å². The third-order valence-electron chi connectivity index (χ3n) is 2.30. The van der Waals surface area contributed by atoms with Gasteiger partial charge >= 0.3 is 5.69 Å². The molecule has 0 spiro atoms. The maximum absolute atomic E-state index is 11.4. The van der Waals surface area contributed by atoms with Crippen molar-refractivity contribution in [2.45, 2.75) is 44.8 Å². The predicted octanol–water partition coefficient (Wildman–Crippen LogP) is -1.40. The lowest BCUT2D eigenvalue weighted by Crippen LogP contribution is -2.30. The van der Waals surface area contributed by atoms with Gasteiger partial charge in [-0.1, -0.05) is 0 Å². The SMILES string of the molecule is CC(C)(O)O.Nc1cnn(C2CCC(CO)O2)c(=O)n1. The molecule has 114 valence electrons. The number of aliphatic hydroxyl groups excluding tert-OH is 1. The molecule has 1 aliphatic heterocycles. The van der Waals surface area contributed by atoms with Gasteiger partial charge in [-0.3, -0.25) is 0 Å². The Balaban J connectivity index is 0.000000347. The monoisotopic (exact) mass is 288 g/mol. The van der Waals surface area contributed by atoms with Crippen molar-refractivity contribution in [1.29, 1.82) is 0 Å². The zero-order valence-electron chi connectivity index (χ0n) is 11.4. The van der Waals surface area contributed by atoms with Crippen LogP contribution in [-0.4, -0.2) is 48.6 Å². The van der Waals surface area contributed by atoms with E-state index in [4.69, 9.17) is 25.8 Å². The van der Waals surface area contributed by atoms with Gasteiger partial charge in [0.15, 0.2) is 12.0 Å². The van der Waals surface area contributed by atoms with E-state index in [2.05, 4.69) is 10.1 Å². The first-order chi connectivity index (χ1) is 9.20. The molecule has 5 N–H and O–H groups in total. The fourth-order valence-electron chi connectivity index (χ4n) is 1.56. The Bertz CT molecular complexity index is 478. The molecule has 0 radical (unpaired) electrons. The number of aliphatic hydroxyl groups is 3. The molecule has 0 aliphatic carbocycles. The lowest BCUT2D eigenvalue weighted by atomic mass is 10.2. The van der Waals surface area contributed by atoms with E-state index in [0.717, 1.165) is 4.68 Å². The summed E-state index contributed by atoms with van der Waals surface area (Å²) < 4.78 is 6.53. The van der Waals surface area contributed by atoms with Crippen LogP contribution in [0.5, 0.6) is 0 Å². The maximum atomic E-state index is 11.4. The summed E-state index contributed by atoms with van der Waals surface area (Å²) in [5.74, 6) is -1.41. The van der Waals surface area contributed by atoms with Gasteiger partial charge in [-0.2, -0.15) is 14.8 Å². The molecular formula is C11H20N4O5. The first kappa shape index (κ1) is 16.5. The molecule has 9 heteroatoms. The second-order valence-electron chi connectivity index (χ2n) is 4.88. The van der Waals surface area contributed by atoms with Crippen LogP contribution in [0.4, 0.5) is 5.82 Å². The average molecular weight is 288 g/mol. The lowest BCUT2D eigenvalue weighted by molar-refractivity contribution is -0.127. The van der Waals surface area contributed by atoms with E-state index < -0.39 is 17.7 Å². The number of nitrogens with two attached hydrogens (primary N) is 1. The third kappa shape index (κ3) is 5.61. The molecule has 1 aliphatic rings. The average Bonchev–Trinajstić information content (AvgIpc) is 2.75. The smallest absolute Gasteiger partial charge is 0.368 e. The molecule has 2 heterocycles. The van der Waals surface area contributed by atoms with Gasteiger partial charge < -0.3 is 25.8 Å². The third-order valence-corrected chi connectivity index (χ3v) is 2.30. The summed E-state index contributed by atoms with van der Waals surface area (Å²) in [6.07, 6.45) is 1.99. The first-order valence-corrected chi connectivity index (χ1v) is 6.13. The molecule has 2 unspecified atom stereocenters. The molecule has 0 amide bonds. The molecule has 0 aromatic carbocycles. The van der Waals surface area contributed by atoms with Gasteiger partial charge in [0.2, 0.25) is 0 Å². The highest BCUT2D eigenvalue weighted by Crippen LogP contribution is 2.25. The first-order valence-electron chi connectivity index (χ1n) is 6.13. The van der Waals surface area contributed by atoms with Crippen LogP contribution in [0.2, 0.25) is 0 Å². The summed E-state index contributed by atoms with van der Waals surface area (Å²) in [5, 5.41) is 28.9. The van der Waals surface area contributed by atoms with Crippen molar-refractivity contribution < 1.29 is 20.1 Å². The van der Waals surface area contributed by atoms with Gasteiger partial charge in [-0.05, 0) is 26.7 Å². The van der Waals surface area contributed by atoms with Crippen LogP contribution in [0.15, 0.2) is 11.0 Å². The van der Waals surface area contributed by atoms with Crippen molar-refractivity contribution in [3.63, 3.8) is 0 Å². The van der Waals surface area contributed by atoms with Gasteiger partial charge in [-0.15, -0.1) is 0 Å². The number of nitrogens with zero attached hydrogens (tertiary/aromatic N) is 3. The van der Waals surface area contributed by atoms with E-state index in [0.29, 0.717) is 12.8 Å². The van der Waals surface area contributed by atoms with Gasteiger partial charge in [0.05, 0.1) is 18.9 Å². The van der Waals surface area contributed by atoms with Crippen LogP contribution in [-0.2, 0) is 4.74 Å². The number of nitrogen functional groups attached to an aromatic ring is 1. The highest BCUT2D eigenvalue weighted by Gasteiger charge is 2.27. The Morgan fingerprint density at radius 2 is 2.10 bits per heavy atom. The molecule has 1 aromatic rings. The summed E-state index contributed by atoms with van der Waals surface area (Å²) in [4.78, 5) is 14.9. The van der Waals surface area contributed by atoms with Crippen molar-refractivity contribution in [2.75, 3.05) is 12.3 Å². The maximum Gasteiger partial charge on any atom is 0.368 e. The van der Waals surface area contributed by atoms with Crippen molar-refractivity contribution in [2.24, 2.45) is 0 Å². The Labute approximate surface area is 115 Å². The Morgan fingerprint density at radius 3 is 2.55 bits per heavy atom. The Morgan fingerprint density at radius 1 is 1.50 bits per heavy atom. The van der Waals surface area contributed by atoms with E-state index in [9.17, 15) is 4.79 Å². The fraction of sp³-hybridized carbons (Fsp3) is 0.727. The van der Waals surface area contributed by atoms with Gasteiger partial charge in [0.1, 0.15) is 5.82 Å². The molecule has 1 saturated heterocycles. The largest absolute Gasteiger partial charge is 0.394 e. The summed E-state index contributed by atoms with van der Waals surface area (Å²) in [7, 11) is 0. The van der Waals surface area contributed by atoms with E-state index in [1.165, 1.54) is 20.0 Å². The molecular weight excluding hydrogens is 268 g/mol. The zero-order chi connectivity index (χ0) is 15.3. The van der Waals surface area contributed by atoms with Crippen LogP contribution in [0.1, 0.15) is 32.9 Å². The van der Waals surface area contributed by atoms with Gasteiger partial charge in [0.25, 0.3) is 0 Å². The Kier molecular flexibility index (Phi) is 5.57. The van der Waals surface area contributed by atoms with Crippen molar-refractivity contribution in [1.82, 2.24) is 14.8 Å². The van der Waals surface area contributed by atoms with Crippen LogP contribution in [0.25, 0.3) is 0 Å². The predicted molar refractivity (Wildman–Crippen MR) is 69.5 cm³/mol. The zero-order valence-corrected chi connectivity index (χ0v) is 11.4. The molecule has 1 aromatic heterocycles. The number of anilines is 1. The highest BCUT2D eigenvalue weighted by atomic mass is 16.5. The molecule has 2 atom stereocenters. The number of aromatic nitrogens is 3. The second-order valence-corrected chi connectivity index (χ2v) is 4.88. The van der Waals surface area contributed by atoms with E-state index in [-0.39, 0.29) is 18.5 Å². The fourth-order valence-corrected chi connectivity index (χ4v) is 1.56. The number of ether oxygens (including phenoxy) is 1. The van der Waals surface area contributed by atoms with Crippen molar-refractivity contribution in [3.05, 3.63) is 16.7 Å². The van der Waals surface area contributed by atoms with Crippen LogP contribution in [0.3, 0.4) is 0 Å². The van der Waals surface area contributed by atoms with Crippen LogP contribution in [0, 0.1) is 0 Å². The highest BCUT2D eigenvalue weighted by molar-refractivity contribution is 5.19. The minimum atomic E-state index is -1.50. The van der Waals surface area contributed by atoms with E-state index >= 15 is 0 Å². The van der Waals surface area contributed by atoms with Crippen molar-refractivity contribution in [3.8, 4) is 0 Å². The number of hydrogen-bond acceptors (Lipinski definition) is 8. The lowest BCUT2D eigenvalue weighted by Gasteiger charge is -2.12. The minimum absolute atomic E-state index is 0.0480. The number of rotatable bonds is 2. The molecule has 2 rings (SSSR count).